The molecule has 4 heteroatoms. The lowest BCUT2D eigenvalue weighted by Gasteiger charge is -2.13. The van der Waals surface area contributed by atoms with Gasteiger partial charge in [0.1, 0.15) is 0 Å². The Morgan fingerprint density at radius 3 is 3.17 bits per heavy atom. The van der Waals surface area contributed by atoms with E-state index in [9.17, 15) is 0 Å². The molecule has 18 heavy (non-hydrogen) atoms. The Balaban J connectivity index is 1.85. The number of fused-ring (bicyclic) bond motifs is 1. The van der Waals surface area contributed by atoms with Gasteiger partial charge in [0.15, 0.2) is 0 Å². The summed E-state index contributed by atoms with van der Waals surface area (Å²) in [5, 5.41) is 5.30. The maximum Gasteiger partial charge on any atom is 0.0948 e. The first kappa shape index (κ1) is 12.1. The van der Waals surface area contributed by atoms with Gasteiger partial charge in [0.25, 0.3) is 0 Å². The molecule has 1 unspecified atom stereocenters. The number of benzene rings is 1. The van der Waals surface area contributed by atoms with Crippen LogP contribution in [0.3, 0.4) is 0 Å². The molecule has 0 aliphatic carbocycles. The zero-order valence-electron chi connectivity index (χ0n) is 10.0. The van der Waals surface area contributed by atoms with E-state index in [1.807, 2.05) is 42.2 Å². The van der Waals surface area contributed by atoms with Crippen molar-refractivity contribution in [1.29, 1.82) is 0 Å². The summed E-state index contributed by atoms with van der Waals surface area (Å²) < 4.78 is 0. The number of hydrogen-bond donors (Lipinski definition) is 1. The topological polar surface area (TPSA) is 24.9 Å². The molecule has 94 valence electrons. The molecule has 1 N–H and O–H groups in total. The minimum Gasteiger partial charge on any atom is -0.383 e. The van der Waals surface area contributed by atoms with Gasteiger partial charge in [0.2, 0.25) is 0 Å². The highest BCUT2D eigenvalue weighted by molar-refractivity contribution is 7.99. The third-order valence-corrected chi connectivity index (χ3v) is 4.88. The second kappa shape index (κ2) is 5.37. The number of anilines is 1. The molecule has 0 amide bonds. The van der Waals surface area contributed by atoms with Crippen LogP contribution in [0.1, 0.15) is 6.42 Å². The third-order valence-electron chi connectivity index (χ3n) is 3.32. The summed E-state index contributed by atoms with van der Waals surface area (Å²) in [6, 6.07) is 7.91. The molecule has 0 radical (unpaired) electrons. The second-order valence-corrected chi connectivity index (χ2v) is 6.16. The van der Waals surface area contributed by atoms with Gasteiger partial charge in [0, 0.05) is 18.1 Å². The maximum atomic E-state index is 6.19. The minimum atomic E-state index is 0.764. The van der Waals surface area contributed by atoms with Gasteiger partial charge >= 0.3 is 0 Å². The number of pyridine rings is 1. The van der Waals surface area contributed by atoms with Crippen molar-refractivity contribution in [1.82, 2.24) is 4.98 Å². The van der Waals surface area contributed by atoms with Gasteiger partial charge in [-0.05, 0) is 48.1 Å². The Labute approximate surface area is 116 Å². The highest BCUT2D eigenvalue weighted by Crippen LogP contribution is 2.29. The minimum absolute atomic E-state index is 0.764. The number of rotatable bonds is 3. The Morgan fingerprint density at radius 2 is 2.33 bits per heavy atom. The molecule has 1 atom stereocenters. The summed E-state index contributed by atoms with van der Waals surface area (Å²) >= 11 is 8.23. The van der Waals surface area contributed by atoms with Crippen molar-refractivity contribution < 1.29 is 0 Å². The molecule has 1 aromatic carbocycles. The summed E-state index contributed by atoms with van der Waals surface area (Å²) in [6.07, 6.45) is 3.13. The van der Waals surface area contributed by atoms with E-state index < -0.39 is 0 Å². The molecule has 0 saturated carbocycles. The first-order valence-electron chi connectivity index (χ1n) is 6.19. The number of aromatic nitrogens is 1. The summed E-state index contributed by atoms with van der Waals surface area (Å²) in [5.41, 5.74) is 2.06. The van der Waals surface area contributed by atoms with Gasteiger partial charge in [0.05, 0.1) is 16.2 Å². The summed E-state index contributed by atoms with van der Waals surface area (Å²) in [4.78, 5) is 4.44. The number of nitrogens with zero attached hydrogens (tertiary/aromatic N) is 1. The highest BCUT2D eigenvalue weighted by Gasteiger charge is 2.15. The van der Waals surface area contributed by atoms with E-state index in [-0.39, 0.29) is 0 Å². The first-order chi connectivity index (χ1) is 8.84. The van der Waals surface area contributed by atoms with E-state index in [4.69, 9.17) is 11.6 Å². The van der Waals surface area contributed by atoms with Crippen molar-refractivity contribution in [3.8, 4) is 0 Å². The molecule has 1 aromatic heterocycles. The fourth-order valence-corrected chi connectivity index (χ4v) is 3.78. The van der Waals surface area contributed by atoms with Crippen LogP contribution in [0.2, 0.25) is 5.02 Å². The number of nitrogens with one attached hydrogen (secondary N) is 1. The predicted octanol–water partition coefficient (Wildman–Crippen LogP) is 4.05. The van der Waals surface area contributed by atoms with Crippen molar-refractivity contribution in [2.45, 2.75) is 6.42 Å². The monoisotopic (exact) mass is 278 g/mol. The molecule has 0 bridgehead atoms. The highest BCUT2D eigenvalue weighted by atomic mass is 35.5. The van der Waals surface area contributed by atoms with Crippen LogP contribution in [0.4, 0.5) is 5.69 Å². The molecular weight excluding hydrogens is 264 g/mol. The fraction of sp³-hybridized carbons (Fsp3) is 0.357. The van der Waals surface area contributed by atoms with Crippen molar-refractivity contribution in [3.63, 3.8) is 0 Å². The van der Waals surface area contributed by atoms with Crippen molar-refractivity contribution >= 4 is 40.0 Å². The van der Waals surface area contributed by atoms with Crippen LogP contribution in [0, 0.1) is 5.92 Å². The van der Waals surface area contributed by atoms with Gasteiger partial charge in [-0.3, -0.25) is 4.98 Å². The fourth-order valence-electron chi connectivity index (χ4n) is 2.28. The average molecular weight is 279 g/mol. The molecule has 2 nitrogen and oxygen atoms in total. The number of hydrogen-bond acceptors (Lipinski definition) is 3. The van der Waals surface area contributed by atoms with E-state index in [0.29, 0.717) is 0 Å². The van der Waals surface area contributed by atoms with E-state index in [1.165, 1.54) is 17.9 Å². The molecule has 2 heterocycles. The quantitative estimate of drug-likeness (QED) is 0.917. The molecular formula is C14H15ClN2S. The number of thioether (sulfide) groups is 1. The molecule has 1 saturated heterocycles. The van der Waals surface area contributed by atoms with Crippen molar-refractivity contribution in [2.75, 3.05) is 23.4 Å². The first-order valence-corrected chi connectivity index (χ1v) is 7.73. The second-order valence-electron chi connectivity index (χ2n) is 4.61. The van der Waals surface area contributed by atoms with Gasteiger partial charge in [-0.1, -0.05) is 11.6 Å². The largest absolute Gasteiger partial charge is 0.383 e. The normalized spacial score (nSPS) is 19.3. The van der Waals surface area contributed by atoms with Crippen molar-refractivity contribution in [2.24, 2.45) is 5.92 Å². The van der Waals surface area contributed by atoms with Gasteiger partial charge < -0.3 is 5.32 Å². The summed E-state index contributed by atoms with van der Waals surface area (Å²) in [7, 11) is 0. The standard InChI is InChI=1S/C14H15ClN2S/c15-12-3-4-13(14-11(12)2-1-6-16-14)17-8-10-5-7-18-9-10/h1-4,6,10,17H,5,7-9H2. The van der Waals surface area contributed by atoms with Gasteiger partial charge in [-0.25, -0.2) is 0 Å². The van der Waals surface area contributed by atoms with Crippen LogP contribution in [-0.2, 0) is 0 Å². The zero-order valence-corrected chi connectivity index (χ0v) is 11.6. The van der Waals surface area contributed by atoms with E-state index in [1.54, 1.807) is 0 Å². The SMILES string of the molecule is Clc1ccc(NCC2CCSC2)c2ncccc12. The predicted molar refractivity (Wildman–Crippen MR) is 80.7 cm³/mol. The van der Waals surface area contributed by atoms with Crippen LogP contribution >= 0.6 is 23.4 Å². The van der Waals surface area contributed by atoms with Crippen LogP contribution in [0.15, 0.2) is 30.5 Å². The Bertz CT molecular complexity index is 552. The van der Waals surface area contributed by atoms with Gasteiger partial charge in [-0.15, -0.1) is 0 Å². The van der Waals surface area contributed by atoms with Gasteiger partial charge in [-0.2, -0.15) is 11.8 Å². The van der Waals surface area contributed by atoms with Crippen LogP contribution in [0.5, 0.6) is 0 Å². The summed E-state index contributed by atoms with van der Waals surface area (Å²) in [5.74, 6) is 3.35. The lowest BCUT2D eigenvalue weighted by Crippen LogP contribution is -2.13. The maximum absolute atomic E-state index is 6.19. The molecule has 0 spiro atoms. The Hall–Kier alpha value is -0.930. The average Bonchev–Trinajstić information content (AvgIpc) is 2.92. The third kappa shape index (κ3) is 2.43. The van der Waals surface area contributed by atoms with Crippen LogP contribution < -0.4 is 5.32 Å². The molecule has 2 aromatic rings. The van der Waals surface area contributed by atoms with Crippen molar-refractivity contribution in [3.05, 3.63) is 35.5 Å². The van der Waals surface area contributed by atoms with E-state index in [2.05, 4.69) is 10.3 Å². The molecule has 1 aliphatic rings. The molecule has 3 rings (SSSR count). The number of halogens is 1. The Kier molecular flexibility index (Phi) is 3.62. The summed E-state index contributed by atoms with van der Waals surface area (Å²) in [6.45, 7) is 1.03. The van der Waals surface area contributed by atoms with Crippen LogP contribution in [-0.4, -0.2) is 23.0 Å². The lowest BCUT2D eigenvalue weighted by molar-refractivity contribution is 0.632. The van der Waals surface area contributed by atoms with E-state index >= 15 is 0 Å². The molecule has 1 fully saturated rings. The van der Waals surface area contributed by atoms with Crippen LogP contribution in [0.25, 0.3) is 10.9 Å². The van der Waals surface area contributed by atoms with E-state index in [0.717, 1.165) is 34.1 Å². The lowest BCUT2D eigenvalue weighted by atomic mass is 10.1. The zero-order chi connectivity index (χ0) is 12.4. The molecule has 1 aliphatic heterocycles. The smallest absolute Gasteiger partial charge is 0.0948 e. The Morgan fingerprint density at radius 1 is 1.39 bits per heavy atom.